The first-order chi connectivity index (χ1) is 4.95. The Morgan fingerprint density at radius 1 is 1.55 bits per heavy atom. The van der Waals surface area contributed by atoms with Crippen LogP contribution >= 0.6 is 11.6 Å². The number of rotatable bonds is 2. The normalized spacial score (nSPS) is 11.8. The van der Waals surface area contributed by atoms with Crippen LogP contribution in [-0.4, -0.2) is 17.1 Å². The van der Waals surface area contributed by atoms with Crippen molar-refractivity contribution < 1.29 is 14.7 Å². The van der Waals surface area contributed by atoms with Crippen LogP contribution < -0.4 is 11.1 Å². The highest BCUT2D eigenvalue weighted by Gasteiger charge is 2.07. The number of nitrogens with two attached hydrogens (primary N) is 1. The van der Waals surface area contributed by atoms with Crippen LogP contribution in [0.25, 0.3) is 0 Å². The highest BCUT2D eigenvalue weighted by atomic mass is 35.5. The maximum atomic E-state index is 10.2. The van der Waals surface area contributed by atoms with E-state index in [0.717, 1.165) is 0 Å². The molecule has 0 atom stereocenters. The molecule has 0 aliphatic rings. The number of carbonyl (C=O) groups is 2. The molecule has 0 unspecified atom stereocenters. The summed E-state index contributed by atoms with van der Waals surface area (Å²) in [5, 5.41) is 9.98. The lowest BCUT2D eigenvalue weighted by molar-refractivity contribution is -0.132. The molecule has 2 amide bonds. The van der Waals surface area contributed by atoms with Gasteiger partial charge in [0.05, 0.1) is 5.57 Å². The quantitative estimate of drug-likeness (QED) is 0.417. The Balaban J connectivity index is 4.40. The van der Waals surface area contributed by atoms with E-state index in [9.17, 15) is 9.59 Å². The predicted molar refractivity (Wildman–Crippen MR) is 38.9 cm³/mol. The maximum absolute atomic E-state index is 10.2. The van der Waals surface area contributed by atoms with E-state index >= 15 is 0 Å². The molecule has 0 aliphatic heterocycles. The number of carbonyl (C=O) groups excluding carboxylic acids is 1. The van der Waals surface area contributed by atoms with E-state index in [1.807, 2.05) is 5.32 Å². The van der Waals surface area contributed by atoms with Gasteiger partial charge in [0.1, 0.15) is 5.16 Å². The zero-order valence-corrected chi connectivity index (χ0v) is 6.47. The van der Waals surface area contributed by atoms with Gasteiger partial charge in [0.25, 0.3) is 0 Å². The number of carboxylic acid groups (broad SMARTS) is 1. The van der Waals surface area contributed by atoms with E-state index in [2.05, 4.69) is 5.73 Å². The summed E-state index contributed by atoms with van der Waals surface area (Å²) in [6.45, 7) is 1.25. The Hall–Kier alpha value is -1.23. The minimum Gasteiger partial charge on any atom is -0.478 e. The van der Waals surface area contributed by atoms with Crippen LogP contribution in [0.3, 0.4) is 0 Å². The summed E-state index contributed by atoms with van der Waals surface area (Å²) in [4.78, 5) is 20.3. The third-order valence-corrected chi connectivity index (χ3v) is 1.26. The number of primary amides is 1. The van der Waals surface area contributed by atoms with Crippen molar-refractivity contribution in [2.24, 2.45) is 5.73 Å². The van der Waals surface area contributed by atoms with Gasteiger partial charge in [-0.3, -0.25) is 5.32 Å². The summed E-state index contributed by atoms with van der Waals surface area (Å²) in [6, 6.07) is -0.893. The number of hydrogen-bond donors (Lipinski definition) is 3. The molecule has 0 rings (SSSR count). The number of nitrogens with one attached hydrogen (secondary N) is 1. The average molecular weight is 179 g/mol. The first-order valence-electron chi connectivity index (χ1n) is 2.61. The molecule has 0 fully saturated rings. The van der Waals surface area contributed by atoms with Gasteiger partial charge in [0, 0.05) is 0 Å². The van der Waals surface area contributed by atoms with Gasteiger partial charge in [-0.15, -0.1) is 0 Å². The number of hydrogen-bond acceptors (Lipinski definition) is 2. The SMILES string of the molecule is CC(C(=O)O)=C(Cl)NC(N)=O. The first kappa shape index (κ1) is 9.77. The van der Waals surface area contributed by atoms with Crippen LogP contribution in [0.5, 0.6) is 0 Å². The average Bonchev–Trinajstić information content (AvgIpc) is 1.84. The van der Waals surface area contributed by atoms with Crippen molar-refractivity contribution in [1.82, 2.24) is 5.32 Å². The Kier molecular flexibility index (Phi) is 3.39. The van der Waals surface area contributed by atoms with E-state index in [-0.39, 0.29) is 10.7 Å². The summed E-state index contributed by atoms with van der Waals surface area (Å²) in [6.07, 6.45) is 0. The topological polar surface area (TPSA) is 92.4 Å². The van der Waals surface area contributed by atoms with Crippen LogP contribution in [0.15, 0.2) is 10.7 Å². The molecule has 0 aliphatic carbocycles. The van der Waals surface area contributed by atoms with E-state index in [1.165, 1.54) is 6.92 Å². The second-order valence-corrected chi connectivity index (χ2v) is 2.11. The lowest BCUT2D eigenvalue weighted by atomic mass is 10.3. The van der Waals surface area contributed by atoms with Gasteiger partial charge in [0.15, 0.2) is 0 Å². The molecule has 5 nitrogen and oxygen atoms in total. The minimum atomic E-state index is -1.20. The molecule has 0 radical (unpaired) electrons. The fourth-order valence-corrected chi connectivity index (χ4v) is 0.470. The smallest absolute Gasteiger partial charge is 0.334 e. The highest BCUT2D eigenvalue weighted by molar-refractivity contribution is 6.32. The van der Waals surface area contributed by atoms with Crippen molar-refractivity contribution in [3.8, 4) is 0 Å². The molecule has 0 aromatic heterocycles. The van der Waals surface area contributed by atoms with Crippen molar-refractivity contribution in [3.05, 3.63) is 10.7 Å². The minimum absolute atomic E-state index is 0.162. The highest BCUT2D eigenvalue weighted by Crippen LogP contribution is 2.04. The van der Waals surface area contributed by atoms with Gasteiger partial charge in [-0.1, -0.05) is 11.6 Å². The van der Waals surface area contributed by atoms with Gasteiger partial charge >= 0.3 is 12.0 Å². The Morgan fingerprint density at radius 2 is 2.00 bits per heavy atom. The molecule has 0 heterocycles. The van der Waals surface area contributed by atoms with E-state index in [0.29, 0.717) is 0 Å². The van der Waals surface area contributed by atoms with Gasteiger partial charge in [0.2, 0.25) is 0 Å². The second-order valence-electron chi connectivity index (χ2n) is 1.73. The van der Waals surface area contributed by atoms with Crippen molar-refractivity contribution in [1.29, 1.82) is 0 Å². The molecular weight excluding hydrogens is 172 g/mol. The fourth-order valence-electron chi connectivity index (χ4n) is 0.296. The fraction of sp³-hybridized carbons (Fsp3) is 0.200. The summed E-state index contributed by atoms with van der Waals surface area (Å²) in [5.74, 6) is -1.20. The standard InChI is InChI=1S/C5H7ClN2O3/c1-2(4(9)10)3(6)8-5(7)11/h1H3,(H,9,10)(H3,7,8,11). The monoisotopic (exact) mass is 178 g/mol. The zero-order chi connectivity index (χ0) is 9.02. The number of amides is 2. The summed E-state index contributed by atoms with van der Waals surface area (Å²) < 4.78 is 0. The van der Waals surface area contributed by atoms with Gasteiger partial charge in [-0.2, -0.15) is 0 Å². The maximum Gasteiger partial charge on any atom is 0.334 e. The summed E-state index contributed by atoms with van der Waals surface area (Å²) in [5.41, 5.74) is 4.51. The molecule has 62 valence electrons. The number of urea groups is 1. The Morgan fingerprint density at radius 3 is 2.27 bits per heavy atom. The van der Waals surface area contributed by atoms with Gasteiger partial charge in [-0.05, 0) is 6.92 Å². The third kappa shape index (κ3) is 3.47. The molecule has 4 N–H and O–H groups in total. The second kappa shape index (κ2) is 3.82. The van der Waals surface area contributed by atoms with Gasteiger partial charge < -0.3 is 10.8 Å². The van der Waals surface area contributed by atoms with Crippen LogP contribution in [0.4, 0.5) is 4.79 Å². The van der Waals surface area contributed by atoms with Crippen LogP contribution in [0.2, 0.25) is 0 Å². The largest absolute Gasteiger partial charge is 0.478 e. The molecule has 0 aromatic carbocycles. The van der Waals surface area contributed by atoms with E-state index < -0.39 is 12.0 Å². The van der Waals surface area contributed by atoms with Crippen LogP contribution in [0, 0.1) is 0 Å². The predicted octanol–water partition coefficient (Wildman–Crippen LogP) is 0.210. The molecule has 0 saturated carbocycles. The van der Waals surface area contributed by atoms with Crippen molar-refractivity contribution in [2.75, 3.05) is 0 Å². The molecule has 0 saturated heterocycles. The third-order valence-electron chi connectivity index (χ3n) is 0.883. The lowest BCUT2D eigenvalue weighted by Crippen LogP contribution is -2.28. The van der Waals surface area contributed by atoms with Gasteiger partial charge in [-0.25, -0.2) is 9.59 Å². The first-order valence-corrected chi connectivity index (χ1v) is 2.99. The Bertz CT molecular complexity index is 224. The summed E-state index contributed by atoms with van der Waals surface area (Å²) >= 11 is 5.31. The molecule has 0 aromatic rings. The van der Waals surface area contributed by atoms with Crippen molar-refractivity contribution in [2.45, 2.75) is 6.92 Å². The molecule has 6 heteroatoms. The zero-order valence-electron chi connectivity index (χ0n) is 5.72. The molecule has 0 bridgehead atoms. The van der Waals surface area contributed by atoms with E-state index in [4.69, 9.17) is 16.7 Å². The Labute approximate surface area is 67.8 Å². The number of halogens is 1. The molecule has 0 spiro atoms. The summed E-state index contributed by atoms with van der Waals surface area (Å²) in [7, 11) is 0. The number of aliphatic carboxylic acids is 1. The molecular formula is C5H7ClN2O3. The number of carboxylic acids is 1. The van der Waals surface area contributed by atoms with Crippen molar-refractivity contribution >= 4 is 23.6 Å². The van der Waals surface area contributed by atoms with Crippen molar-refractivity contribution in [3.63, 3.8) is 0 Å². The van der Waals surface area contributed by atoms with Crippen LogP contribution in [0.1, 0.15) is 6.92 Å². The van der Waals surface area contributed by atoms with Crippen LogP contribution in [-0.2, 0) is 4.79 Å². The molecule has 11 heavy (non-hydrogen) atoms. The van der Waals surface area contributed by atoms with E-state index in [1.54, 1.807) is 0 Å². The lowest BCUT2D eigenvalue weighted by Gasteiger charge is -2.00.